The lowest BCUT2D eigenvalue weighted by atomic mass is 10.1. The first-order valence-electron chi connectivity index (χ1n) is 6.20. The van der Waals surface area contributed by atoms with Crippen molar-refractivity contribution in [3.05, 3.63) is 36.0 Å². The number of nitrogen functional groups attached to an aromatic ring is 1. The fraction of sp³-hybridized carbons (Fsp3) is 0.214. The number of nitrogens with zero attached hydrogens (tertiary/aromatic N) is 1. The van der Waals surface area contributed by atoms with Crippen molar-refractivity contribution in [2.24, 2.45) is 0 Å². The summed E-state index contributed by atoms with van der Waals surface area (Å²) >= 11 is 0. The van der Waals surface area contributed by atoms with E-state index in [2.05, 4.69) is 15.6 Å². The standard InChI is InChI=1S/C14H16N4O2/c1-8(13(19)16-2)17-14(20)11-7-9-5-3-4-6-10(9)12(15)18-11/h3-8H,1-2H3,(H2,15,18)(H,16,19)(H,17,20). The Morgan fingerprint density at radius 3 is 2.70 bits per heavy atom. The van der Waals surface area contributed by atoms with Crippen LogP contribution in [0.15, 0.2) is 30.3 Å². The van der Waals surface area contributed by atoms with E-state index in [1.165, 1.54) is 7.05 Å². The van der Waals surface area contributed by atoms with Crippen molar-refractivity contribution >= 4 is 28.4 Å². The summed E-state index contributed by atoms with van der Waals surface area (Å²) in [5, 5.41) is 6.66. The van der Waals surface area contributed by atoms with Gasteiger partial charge in [-0.3, -0.25) is 9.59 Å². The van der Waals surface area contributed by atoms with Gasteiger partial charge in [0.15, 0.2) is 0 Å². The molecule has 2 rings (SSSR count). The number of carbonyl (C=O) groups excluding carboxylic acids is 2. The number of rotatable bonds is 3. The zero-order valence-electron chi connectivity index (χ0n) is 11.3. The average Bonchev–Trinajstić information content (AvgIpc) is 2.46. The molecule has 1 atom stereocenters. The minimum absolute atomic E-state index is 0.192. The van der Waals surface area contributed by atoms with Gasteiger partial charge in [0, 0.05) is 12.4 Å². The predicted molar refractivity (Wildman–Crippen MR) is 77.2 cm³/mol. The van der Waals surface area contributed by atoms with Crippen LogP contribution < -0.4 is 16.4 Å². The van der Waals surface area contributed by atoms with Gasteiger partial charge in [-0.1, -0.05) is 24.3 Å². The third-order valence-electron chi connectivity index (χ3n) is 2.99. The van der Waals surface area contributed by atoms with Crippen LogP contribution in [0.25, 0.3) is 10.8 Å². The summed E-state index contributed by atoms with van der Waals surface area (Å²) in [5.41, 5.74) is 6.03. The van der Waals surface area contributed by atoms with Crippen LogP contribution in [0.2, 0.25) is 0 Å². The number of benzene rings is 1. The number of aromatic nitrogens is 1. The van der Waals surface area contributed by atoms with E-state index in [4.69, 9.17) is 5.73 Å². The first-order chi connectivity index (χ1) is 9.52. The largest absolute Gasteiger partial charge is 0.383 e. The molecular weight excluding hydrogens is 256 g/mol. The Labute approximate surface area is 116 Å². The number of nitrogens with two attached hydrogens (primary N) is 1. The highest BCUT2D eigenvalue weighted by molar-refractivity contribution is 6.01. The molecule has 2 aromatic rings. The van der Waals surface area contributed by atoms with E-state index in [-0.39, 0.29) is 11.6 Å². The van der Waals surface area contributed by atoms with Gasteiger partial charge in [-0.05, 0) is 18.4 Å². The molecule has 0 bridgehead atoms. The molecule has 20 heavy (non-hydrogen) atoms. The van der Waals surface area contributed by atoms with Crippen molar-refractivity contribution in [3.8, 4) is 0 Å². The minimum Gasteiger partial charge on any atom is -0.383 e. The molecule has 1 aromatic carbocycles. The Morgan fingerprint density at radius 1 is 1.30 bits per heavy atom. The van der Waals surface area contributed by atoms with Crippen LogP contribution in [0.3, 0.4) is 0 Å². The normalized spacial score (nSPS) is 11.9. The Kier molecular flexibility index (Phi) is 3.84. The highest BCUT2D eigenvalue weighted by Gasteiger charge is 2.17. The lowest BCUT2D eigenvalue weighted by molar-refractivity contribution is -0.122. The average molecular weight is 272 g/mol. The summed E-state index contributed by atoms with van der Waals surface area (Å²) in [4.78, 5) is 27.5. The summed E-state index contributed by atoms with van der Waals surface area (Å²) in [6.45, 7) is 1.60. The Morgan fingerprint density at radius 2 is 2.00 bits per heavy atom. The number of amides is 2. The zero-order chi connectivity index (χ0) is 14.7. The molecule has 6 heteroatoms. The number of anilines is 1. The molecule has 1 aromatic heterocycles. The number of hydrogen-bond donors (Lipinski definition) is 3. The maximum Gasteiger partial charge on any atom is 0.270 e. The van der Waals surface area contributed by atoms with Crippen LogP contribution in [0.5, 0.6) is 0 Å². The van der Waals surface area contributed by atoms with Gasteiger partial charge in [-0.2, -0.15) is 0 Å². The van der Waals surface area contributed by atoms with Crippen molar-refractivity contribution in [2.45, 2.75) is 13.0 Å². The van der Waals surface area contributed by atoms with Gasteiger partial charge in [0.1, 0.15) is 17.6 Å². The van der Waals surface area contributed by atoms with Crippen LogP contribution in [0.1, 0.15) is 17.4 Å². The summed E-state index contributed by atoms with van der Waals surface area (Å²) in [7, 11) is 1.51. The molecule has 0 fully saturated rings. The number of fused-ring (bicyclic) bond motifs is 1. The third kappa shape index (κ3) is 2.69. The molecule has 104 valence electrons. The zero-order valence-corrected chi connectivity index (χ0v) is 11.3. The second-order valence-corrected chi connectivity index (χ2v) is 4.42. The van der Waals surface area contributed by atoms with Crippen LogP contribution >= 0.6 is 0 Å². The van der Waals surface area contributed by atoms with E-state index in [1.54, 1.807) is 13.0 Å². The molecule has 1 unspecified atom stereocenters. The predicted octanol–water partition coefficient (Wildman–Crippen LogP) is 0.681. The van der Waals surface area contributed by atoms with Gasteiger partial charge in [-0.25, -0.2) is 4.98 Å². The second kappa shape index (κ2) is 5.56. The SMILES string of the molecule is CNC(=O)C(C)NC(=O)c1cc2ccccc2c(N)n1. The first kappa shape index (κ1) is 13.8. The minimum atomic E-state index is -0.637. The van der Waals surface area contributed by atoms with E-state index < -0.39 is 11.9 Å². The summed E-state index contributed by atoms with van der Waals surface area (Å²) < 4.78 is 0. The monoisotopic (exact) mass is 272 g/mol. The van der Waals surface area contributed by atoms with Gasteiger partial charge >= 0.3 is 0 Å². The number of pyridine rings is 1. The quantitative estimate of drug-likeness (QED) is 0.765. The smallest absolute Gasteiger partial charge is 0.270 e. The van der Waals surface area contributed by atoms with Crippen molar-refractivity contribution in [1.29, 1.82) is 0 Å². The molecule has 2 amide bonds. The molecule has 4 N–H and O–H groups in total. The maximum atomic E-state index is 12.1. The van der Waals surface area contributed by atoms with E-state index in [1.807, 2.05) is 24.3 Å². The first-order valence-corrected chi connectivity index (χ1v) is 6.20. The fourth-order valence-electron chi connectivity index (χ4n) is 1.89. The van der Waals surface area contributed by atoms with Crippen molar-refractivity contribution in [3.63, 3.8) is 0 Å². The molecule has 0 aliphatic rings. The Bertz CT molecular complexity index is 669. The van der Waals surface area contributed by atoms with Gasteiger partial charge in [0.2, 0.25) is 5.91 Å². The van der Waals surface area contributed by atoms with Gasteiger partial charge in [0.25, 0.3) is 5.91 Å². The van der Waals surface area contributed by atoms with Gasteiger partial charge in [-0.15, -0.1) is 0 Å². The maximum absolute atomic E-state index is 12.1. The summed E-state index contributed by atoms with van der Waals surface area (Å²) in [5.74, 6) is -0.411. The fourth-order valence-corrected chi connectivity index (χ4v) is 1.89. The highest BCUT2D eigenvalue weighted by atomic mass is 16.2. The van der Waals surface area contributed by atoms with E-state index >= 15 is 0 Å². The highest BCUT2D eigenvalue weighted by Crippen LogP contribution is 2.19. The van der Waals surface area contributed by atoms with Gasteiger partial charge in [0.05, 0.1) is 0 Å². The topological polar surface area (TPSA) is 97.1 Å². The Hall–Kier alpha value is -2.63. The third-order valence-corrected chi connectivity index (χ3v) is 2.99. The van der Waals surface area contributed by atoms with Crippen LogP contribution in [0.4, 0.5) is 5.82 Å². The number of likely N-dealkylation sites (N-methyl/N-ethyl adjacent to an activating group) is 1. The lowest BCUT2D eigenvalue weighted by Crippen LogP contribution is -2.43. The second-order valence-electron chi connectivity index (χ2n) is 4.42. The van der Waals surface area contributed by atoms with E-state index in [0.717, 1.165) is 10.8 Å². The molecule has 1 heterocycles. The number of hydrogen-bond acceptors (Lipinski definition) is 4. The molecule has 0 saturated carbocycles. The lowest BCUT2D eigenvalue weighted by Gasteiger charge is -2.12. The van der Waals surface area contributed by atoms with E-state index in [9.17, 15) is 9.59 Å². The van der Waals surface area contributed by atoms with Crippen molar-refractivity contribution in [1.82, 2.24) is 15.6 Å². The van der Waals surface area contributed by atoms with Crippen LogP contribution in [-0.4, -0.2) is 29.9 Å². The van der Waals surface area contributed by atoms with Gasteiger partial charge < -0.3 is 16.4 Å². The Balaban J connectivity index is 2.29. The number of nitrogens with one attached hydrogen (secondary N) is 2. The molecule has 0 saturated heterocycles. The number of carbonyl (C=O) groups is 2. The molecule has 0 aliphatic heterocycles. The molecule has 6 nitrogen and oxygen atoms in total. The van der Waals surface area contributed by atoms with Crippen LogP contribution in [-0.2, 0) is 4.79 Å². The van der Waals surface area contributed by atoms with Crippen molar-refractivity contribution in [2.75, 3.05) is 12.8 Å². The molecule has 0 radical (unpaired) electrons. The summed E-state index contributed by atoms with van der Waals surface area (Å²) in [6.07, 6.45) is 0. The molecular formula is C14H16N4O2. The van der Waals surface area contributed by atoms with E-state index in [0.29, 0.717) is 5.82 Å². The van der Waals surface area contributed by atoms with Crippen LogP contribution in [0, 0.1) is 0 Å². The summed E-state index contributed by atoms with van der Waals surface area (Å²) in [6, 6.07) is 8.42. The molecule has 0 spiro atoms. The van der Waals surface area contributed by atoms with Crippen molar-refractivity contribution < 1.29 is 9.59 Å². The molecule has 0 aliphatic carbocycles.